The number of nitrogens with one attached hydrogen (secondary N) is 1. The topological polar surface area (TPSA) is 70.1 Å². The fraction of sp³-hybridized carbons (Fsp3) is 0.500. The van der Waals surface area contributed by atoms with E-state index in [9.17, 15) is 4.79 Å². The molecule has 2 saturated heterocycles. The lowest BCUT2D eigenvalue weighted by molar-refractivity contribution is -0.142. The second kappa shape index (κ2) is 11.2. The molecule has 2 aromatic rings. The number of aryl methyl sites for hydroxylation is 1. The Kier molecular flexibility index (Phi) is 8.67. The fourth-order valence-electron chi connectivity index (χ4n) is 3.90. The summed E-state index contributed by atoms with van der Waals surface area (Å²) in [7, 11) is 1.81. The van der Waals surface area contributed by atoms with E-state index in [0.717, 1.165) is 48.2 Å². The minimum Gasteiger partial charge on any atom is -0.368 e. The monoisotopic (exact) mass is 555 g/mol. The number of hydrogen-bond acceptors (Lipinski definition) is 5. The summed E-state index contributed by atoms with van der Waals surface area (Å²) in [5, 5.41) is 4.52. The number of aromatic nitrogens is 1. The summed E-state index contributed by atoms with van der Waals surface area (Å²) in [4.78, 5) is 27.1. The largest absolute Gasteiger partial charge is 0.368 e. The van der Waals surface area contributed by atoms with Crippen molar-refractivity contribution in [2.45, 2.75) is 32.4 Å². The Morgan fingerprint density at radius 1 is 1.23 bits per heavy atom. The Morgan fingerprint density at radius 2 is 1.94 bits per heavy atom. The number of piperazine rings is 1. The minimum absolute atomic E-state index is 0. The van der Waals surface area contributed by atoms with Gasteiger partial charge >= 0.3 is 0 Å². The second-order valence-electron chi connectivity index (χ2n) is 7.61. The first-order chi connectivity index (χ1) is 14.7. The van der Waals surface area contributed by atoms with Crippen LogP contribution in [0.15, 0.2) is 35.3 Å². The number of carbonyl (C=O) groups is 1. The van der Waals surface area contributed by atoms with E-state index >= 15 is 0 Å². The highest BCUT2D eigenvalue weighted by molar-refractivity contribution is 14.0. The molecule has 31 heavy (non-hydrogen) atoms. The first-order valence-electron chi connectivity index (χ1n) is 10.5. The van der Waals surface area contributed by atoms with Crippen molar-refractivity contribution < 1.29 is 9.53 Å². The van der Waals surface area contributed by atoms with Crippen LogP contribution in [0.4, 0.5) is 0 Å². The van der Waals surface area contributed by atoms with Gasteiger partial charge in [0.15, 0.2) is 5.96 Å². The van der Waals surface area contributed by atoms with E-state index in [1.54, 1.807) is 18.4 Å². The van der Waals surface area contributed by atoms with Crippen LogP contribution in [0.3, 0.4) is 0 Å². The van der Waals surface area contributed by atoms with Gasteiger partial charge in [0.1, 0.15) is 11.1 Å². The van der Waals surface area contributed by atoms with Crippen LogP contribution < -0.4 is 5.32 Å². The van der Waals surface area contributed by atoms with Crippen molar-refractivity contribution in [3.8, 4) is 10.6 Å². The number of thiazole rings is 1. The molecule has 0 aliphatic carbocycles. The smallest absolute Gasteiger partial charge is 0.251 e. The lowest BCUT2D eigenvalue weighted by Gasteiger charge is -2.37. The van der Waals surface area contributed by atoms with Gasteiger partial charge in [0, 0.05) is 50.3 Å². The highest BCUT2D eigenvalue weighted by atomic mass is 127. The molecule has 1 N–H and O–H groups in total. The Morgan fingerprint density at radius 3 is 2.58 bits per heavy atom. The first-order valence-corrected chi connectivity index (χ1v) is 11.3. The molecule has 7 nitrogen and oxygen atoms in total. The van der Waals surface area contributed by atoms with Crippen LogP contribution in [0.1, 0.15) is 23.4 Å². The third-order valence-electron chi connectivity index (χ3n) is 5.63. The number of carbonyl (C=O) groups excluding carboxylic acids is 1. The van der Waals surface area contributed by atoms with Crippen molar-refractivity contribution in [2.75, 3.05) is 39.8 Å². The van der Waals surface area contributed by atoms with Crippen LogP contribution in [0, 0.1) is 6.92 Å². The van der Waals surface area contributed by atoms with Gasteiger partial charge < -0.3 is 19.9 Å². The molecule has 0 radical (unpaired) electrons. The summed E-state index contributed by atoms with van der Waals surface area (Å²) >= 11 is 1.72. The zero-order valence-electron chi connectivity index (χ0n) is 18.0. The first kappa shape index (κ1) is 23.9. The number of benzene rings is 1. The molecular weight excluding hydrogens is 525 g/mol. The van der Waals surface area contributed by atoms with Gasteiger partial charge in [0.2, 0.25) is 0 Å². The Balaban J connectivity index is 0.00000272. The van der Waals surface area contributed by atoms with Crippen LogP contribution in [0.25, 0.3) is 10.6 Å². The molecule has 9 heteroatoms. The number of hydrogen-bond donors (Lipinski definition) is 1. The molecule has 0 saturated carbocycles. The van der Waals surface area contributed by atoms with Crippen molar-refractivity contribution in [1.29, 1.82) is 0 Å². The van der Waals surface area contributed by atoms with Gasteiger partial charge in [-0.15, -0.1) is 35.3 Å². The van der Waals surface area contributed by atoms with Gasteiger partial charge in [-0.1, -0.05) is 30.3 Å². The molecule has 1 atom stereocenters. The van der Waals surface area contributed by atoms with Crippen LogP contribution in [0.2, 0.25) is 0 Å². The highest BCUT2D eigenvalue weighted by Gasteiger charge is 2.30. The molecule has 1 aromatic heterocycles. The molecule has 1 aromatic carbocycles. The summed E-state index contributed by atoms with van der Waals surface area (Å²) in [6.07, 6.45) is 1.60. The maximum atomic E-state index is 12.5. The number of nitrogens with zero attached hydrogens (tertiary/aromatic N) is 4. The molecule has 1 amide bonds. The van der Waals surface area contributed by atoms with E-state index in [1.807, 2.05) is 23.1 Å². The minimum atomic E-state index is -0.234. The molecule has 3 heterocycles. The average molecular weight is 555 g/mol. The molecule has 0 bridgehead atoms. The number of guanidine groups is 1. The predicted molar refractivity (Wildman–Crippen MR) is 135 cm³/mol. The van der Waals surface area contributed by atoms with Crippen molar-refractivity contribution in [1.82, 2.24) is 20.1 Å². The van der Waals surface area contributed by atoms with E-state index < -0.39 is 0 Å². The number of ether oxygens (including phenoxy) is 1. The zero-order chi connectivity index (χ0) is 20.9. The number of halogens is 1. The maximum Gasteiger partial charge on any atom is 0.251 e. The van der Waals surface area contributed by atoms with E-state index in [4.69, 9.17) is 9.72 Å². The van der Waals surface area contributed by atoms with Gasteiger partial charge in [-0.25, -0.2) is 4.98 Å². The Hall–Kier alpha value is -1.72. The van der Waals surface area contributed by atoms with Crippen LogP contribution in [0.5, 0.6) is 0 Å². The van der Waals surface area contributed by atoms with E-state index in [2.05, 4.69) is 34.3 Å². The maximum absolute atomic E-state index is 12.5. The van der Waals surface area contributed by atoms with Crippen molar-refractivity contribution in [3.05, 3.63) is 40.9 Å². The summed E-state index contributed by atoms with van der Waals surface area (Å²) < 4.78 is 5.55. The molecule has 2 fully saturated rings. The highest BCUT2D eigenvalue weighted by Crippen LogP contribution is 2.27. The van der Waals surface area contributed by atoms with Crippen molar-refractivity contribution >= 4 is 47.2 Å². The summed E-state index contributed by atoms with van der Waals surface area (Å²) in [6, 6.07) is 10.3. The standard InChI is InChI=1S/C22H29N5O2S.HI/c1-16-19(30-20(25-16)17-7-4-3-5-8-17)15-24-22(23-2)27-12-10-26(11-13-27)21(28)18-9-6-14-29-18;/h3-5,7-8,18H,6,9-15H2,1-2H3,(H,23,24);1H. The zero-order valence-corrected chi connectivity index (χ0v) is 21.2. The molecule has 0 spiro atoms. The number of rotatable bonds is 4. The lowest BCUT2D eigenvalue weighted by Crippen LogP contribution is -2.55. The third kappa shape index (κ3) is 5.75. The summed E-state index contributed by atoms with van der Waals surface area (Å²) in [5.74, 6) is 1.01. The van der Waals surface area contributed by atoms with Crippen LogP contribution in [-0.2, 0) is 16.1 Å². The van der Waals surface area contributed by atoms with Gasteiger partial charge in [-0.3, -0.25) is 9.79 Å². The Labute approximate surface area is 204 Å². The molecule has 2 aliphatic rings. The van der Waals surface area contributed by atoms with E-state index in [1.165, 1.54) is 4.88 Å². The molecule has 2 aliphatic heterocycles. The predicted octanol–water partition coefficient (Wildman–Crippen LogP) is 3.14. The van der Waals surface area contributed by atoms with Crippen molar-refractivity contribution in [3.63, 3.8) is 0 Å². The molecule has 4 rings (SSSR count). The van der Waals surface area contributed by atoms with Crippen molar-refractivity contribution in [2.24, 2.45) is 4.99 Å². The summed E-state index contributed by atoms with van der Waals surface area (Å²) in [6.45, 7) is 6.41. The van der Waals surface area contributed by atoms with Gasteiger partial charge in [-0.2, -0.15) is 0 Å². The van der Waals surface area contributed by atoms with Gasteiger partial charge in [0.25, 0.3) is 5.91 Å². The lowest BCUT2D eigenvalue weighted by atomic mass is 10.2. The van der Waals surface area contributed by atoms with Crippen LogP contribution >= 0.6 is 35.3 Å². The van der Waals surface area contributed by atoms with Gasteiger partial charge in [-0.05, 0) is 19.8 Å². The third-order valence-corrected chi connectivity index (χ3v) is 6.83. The molecule has 168 valence electrons. The number of amides is 1. The van der Waals surface area contributed by atoms with E-state index in [0.29, 0.717) is 26.2 Å². The quantitative estimate of drug-likeness (QED) is 0.357. The second-order valence-corrected chi connectivity index (χ2v) is 8.69. The SMILES string of the molecule is CN=C(NCc1sc(-c2ccccc2)nc1C)N1CCN(C(=O)C2CCCO2)CC1.I. The Bertz CT molecular complexity index is 891. The molecular formula is C22H30IN5O2S. The average Bonchev–Trinajstić information content (AvgIpc) is 3.45. The fourth-order valence-corrected chi connectivity index (χ4v) is 4.91. The van der Waals surface area contributed by atoms with Crippen LogP contribution in [-0.4, -0.2) is 72.6 Å². The summed E-state index contributed by atoms with van der Waals surface area (Å²) in [5.41, 5.74) is 2.20. The molecule has 1 unspecified atom stereocenters. The number of aliphatic imine (C=N–C) groups is 1. The van der Waals surface area contributed by atoms with Gasteiger partial charge in [0.05, 0.1) is 12.2 Å². The normalized spacial score (nSPS) is 19.3. The van der Waals surface area contributed by atoms with E-state index in [-0.39, 0.29) is 36.0 Å².